The summed E-state index contributed by atoms with van der Waals surface area (Å²) in [5.41, 5.74) is 2.24. The van der Waals surface area contributed by atoms with Crippen molar-refractivity contribution in [2.75, 3.05) is 0 Å². The molecule has 0 unspecified atom stereocenters. The van der Waals surface area contributed by atoms with Crippen molar-refractivity contribution >= 4 is 23.2 Å². The van der Waals surface area contributed by atoms with E-state index >= 15 is 0 Å². The molecule has 2 aromatic carbocycles. The molecule has 0 aliphatic rings. The van der Waals surface area contributed by atoms with E-state index in [1.54, 1.807) is 31.2 Å². The van der Waals surface area contributed by atoms with Crippen molar-refractivity contribution in [1.82, 2.24) is 0 Å². The van der Waals surface area contributed by atoms with Crippen molar-refractivity contribution in [3.63, 3.8) is 0 Å². The molecule has 0 atom stereocenters. The number of hydrogen-bond acceptors (Lipinski definition) is 0. The molecule has 3 heteroatoms. The molecular weight excluding hydrogens is 246 g/mol. The van der Waals surface area contributed by atoms with Gasteiger partial charge in [-0.15, -0.1) is 0 Å². The second-order valence-corrected chi connectivity index (χ2v) is 4.44. The minimum Gasteiger partial charge on any atom is -0.207 e. The Kier molecular flexibility index (Phi) is 3.17. The molecule has 2 aromatic rings. The topological polar surface area (TPSA) is 0 Å². The van der Waals surface area contributed by atoms with Gasteiger partial charge in [0.2, 0.25) is 0 Å². The lowest BCUT2D eigenvalue weighted by Crippen LogP contribution is -1.87. The van der Waals surface area contributed by atoms with Gasteiger partial charge in [0.15, 0.2) is 0 Å². The summed E-state index contributed by atoms with van der Waals surface area (Å²) in [6.45, 7) is 1.74. The average molecular weight is 255 g/mol. The summed E-state index contributed by atoms with van der Waals surface area (Å²) >= 11 is 11.8. The normalized spacial score (nSPS) is 10.5. The van der Waals surface area contributed by atoms with Gasteiger partial charge in [0, 0.05) is 10.0 Å². The first-order valence-electron chi connectivity index (χ1n) is 4.79. The van der Waals surface area contributed by atoms with E-state index in [1.807, 2.05) is 6.07 Å². The zero-order chi connectivity index (χ0) is 11.7. The van der Waals surface area contributed by atoms with Crippen LogP contribution in [-0.4, -0.2) is 0 Å². The molecule has 0 aromatic heterocycles. The molecule has 82 valence electrons. The van der Waals surface area contributed by atoms with Crippen LogP contribution >= 0.6 is 23.2 Å². The van der Waals surface area contributed by atoms with Crippen LogP contribution in [-0.2, 0) is 0 Å². The Balaban J connectivity index is 2.63. The van der Waals surface area contributed by atoms with Crippen molar-refractivity contribution in [2.45, 2.75) is 6.92 Å². The predicted octanol–water partition coefficient (Wildman–Crippen LogP) is 5.11. The van der Waals surface area contributed by atoms with Gasteiger partial charge in [-0.1, -0.05) is 35.3 Å². The Morgan fingerprint density at radius 2 is 1.62 bits per heavy atom. The summed E-state index contributed by atoms with van der Waals surface area (Å²) in [5.74, 6) is -0.228. The van der Waals surface area contributed by atoms with Crippen LogP contribution in [0.2, 0.25) is 10.0 Å². The van der Waals surface area contributed by atoms with Gasteiger partial charge in [-0.05, 0) is 47.9 Å². The van der Waals surface area contributed by atoms with Gasteiger partial charge in [-0.3, -0.25) is 0 Å². The third kappa shape index (κ3) is 2.21. The molecule has 0 saturated heterocycles. The predicted molar refractivity (Wildman–Crippen MR) is 66.6 cm³/mol. The molecule has 0 aliphatic carbocycles. The summed E-state index contributed by atoms with van der Waals surface area (Å²) in [6.07, 6.45) is 0. The Bertz CT molecular complexity index is 515. The van der Waals surface area contributed by atoms with E-state index in [4.69, 9.17) is 23.2 Å². The maximum absolute atomic E-state index is 13.4. The van der Waals surface area contributed by atoms with Gasteiger partial charge in [0.25, 0.3) is 0 Å². The lowest BCUT2D eigenvalue weighted by atomic mass is 10.0. The molecule has 0 spiro atoms. The number of hydrogen-bond donors (Lipinski definition) is 0. The van der Waals surface area contributed by atoms with Crippen LogP contribution in [0.3, 0.4) is 0 Å². The smallest absolute Gasteiger partial charge is 0.126 e. The first kappa shape index (κ1) is 11.4. The van der Waals surface area contributed by atoms with Gasteiger partial charge in [-0.25, -0.2) is 4.39 Å². The lowest BCUT2D eigenvalue weighted by molar-refractivity contribution is 0.619. The highest BCUT2D eigenvalue weighted by Crippen LogP contribution is 2.30. The van der Waals surface area contributed by atoms with Crippen LogP contribution in [0.1, 0.15) is 5.56 Å². The van der Waals surface area contributed by atoms with E-state index in [0.29, 0.717) is 15.6 Å². The van der Waals surface area contributed by atoms with E-state index in [2.05, 4.69) is 0 Å². The first-order valence-corrected chi connectivity index (χ1v) is 5.55. The lowest BCUT2D eigenvalue weighted by Gasteiger charge is -2.07. The Hall–Kier alpha value is -1.05. The van der Waals surface area contributed by atoms with Crippen molar-refractivity contribution in [3.8, 4) is 11.1 Å². The third-order valence-electron chi connectivity index (χ3n) is 2.44. The van der Waals surface area contributed by atoms with Crippen LogP contribution in [0.4, 0.5) is 4.39 Å². The maximum Gasteiger partial charge on any atom is 0.126 e. The minimum atomic E-state index is -0.228. The van der Waals surface area contributed by atoms with E-state index in [9.17, 15) is 4.39 Å². The van der Waals surface area contributed by atoms with E-state index in [0.717, 1.165) is 11.1 Å². The Morgan fingerprint density at radius 1 is 1.00 bits per heavy atom. The highest BCUT2D eigenvalue weighted by atomic mass is 35.5. The van der Waals surface area contributed by atoms with Crippen LogP contribution < -0.4 is 0 Å². The molecule has 2 rings (SSSR count). The van der Waals surface area contributed by atoms with Crippen LogP contribution in [0.25, 0.3) is 11.1 Å². The molecule has 0 aliphatic heterocycles. The molecule has 0 radical (unpaired) electrons. The monoisotopic (exact) mass is 254 g/mol. The number of halogens is 3. The van der Waals surface area contributed by atoms with Crippen molar-refractivity contribution in [1.29, 1.82) is 0 Å². The van der Waals surface area contributed by atoms with Crippen molar-refractivity contribution in [3.05, 3.63) is 57.8 Å². The Labute approximate surface area is 104 Å². The molecule has 0 amide bonds. The second-order valence-electron chi connectivity index (χ2n) is 3.57. The molecule has 0 fully saturated rings. The van der Waals surface area contributed by atoms with Gasteiger partial charge in [-0.2, -0.15) is 0 Å². The van der Waals surface area contributed by atoms with Crippen LogP contribution in [0.5, 0.6) is 0 Å². The quantitative estimate of drug-likeness (QED) is 0.664. The van der Waals surface area contributed by atoms with Gasteiger partial charge < -0.3 is 0 Å². The third-order valence-corrected chi connectivity index (χ3v) is 2.88. The van der Waals surface area contributed by atoms with E-state index in [-0.39, 0.29) is 5.82 Å². The summed E-state index contributed by atoms with van der Waals surface area (Å²) < 4.78 is 13.4. The molecular formula is C13H9Cl2F. The fourth-order valence-corrected chi connectivity index (χ4v) is 2.16. The van der Waals surface area contributed by atoms with E-state index < -0.39 is 0 Å². The zero-order valence-electron chi connectivity index (χ0n) is 8.60. The highest BCUT2D eigenvalue weighted by molar-refractivity contribution is 6.35. The number of rotatable bonds is 1. The first-order chi connectivity index (χ1) is 7.58. The largest absolute Gasteiger partial charge is 0.207 e. The summed E-state index contributed by atoms with van der Waals surface area (Å²) in [4.78, 5) is 0. The Morgan fingerprint density at radius 3 is 2.25 bits per heavy atom. The average Bonchev–Trinajstić information content (AvgIpc) is 2.20. The van der Waals surface area contributed by atoms with Gasteiger partial charge >= 0.3 is 0 Å². The second kappa shape index (κ2) is 4.44. The van der Waals surface area contributed by atoms with Crippen LogP contribution in [0.15, 0.2) is 36.4 Å². The fraction of sp³-hybridized carbons (Fsp3) is 0.0769. The molecule has 0 N–H and O–H groups in total. The summed E-state index contributed by atoms with van der Waals surface area (Å²) in [5, 5.41) is 1.09. The minimum absolute atomic E-state index is 0.228. The standard InChI is InChI=1S/C13H9Cl2F/c1-8-12(3-2-4-13(8)16)9-5-10(14)7-11(15)6-9/h2-7H,1H3. The fourth-order valence-electron chi connectivity index (χ4n) is 1.63. The molecule has 0 saturated carbocycles. The molecule has 0 heterocycles. The maximum atomic E-state index is 13.4. The summed E-state index contributed by atoms with van der Waals surface area (Å²) in [7, 11) is 0. The van der Waals surface area contributed by atoms with Gasteiger partial charge in [0.05, 0.1) is 0 Å². The molecule has 0 bridgehead atoms. The van der Waals surface area contributed by atoms with Crippen LogP contribution in [0, 0.1) is 12.7 Å². The van der Waals surface area contributed by atoms with Crippen molar-refractivity contribution < 1.29 is 4.39 Å². The van der Waals surface area contributed by atoms with Gasteiger partial charge in [0.1, 0.15) is 5.82 Å². The molecule has 16 heavy (non-hydrogen) atoms. The SMILES string of the molecule is Cc1c(F)cccc1-c1cc(Cl)cc(Cl)c1. The zero-order valence-corrected chi connectivity index (χ0v) is 10.1. The van der Waals surface area contributed by atoms with E-state index in [1.165, 1.54) is 6.07 Å². The summed E-state index contributed by atoms with van der Waals surface area (Å²) in [6, 6.07) is 10.2. The molecule has 0 nitrogen and oxygen atoms in total. The van der Waals surface area contributed by atoms with Crippen molar-refractivity contribution in [2.24, 2.45) is 0 Å². The highest BCUT2D eigenvalue weighted by Gasteiger charge is 2.07. The number of benzene rings is 2.